The smallest absolute Gasteiger partial charge is 0.404 e. The van der Waals surface area contributed by atoms with Crippen molar-refractivity contribution in [1.82, 2.24) is 10.6 Å². The molecule has 1 rings (SSSR count). The van der Waals surface area contributed by atoms with E-state index in [4.69, 9.17) is 10.2 Å². The van der Waals surface area contributed by atoms with Crippen molar-refractivity contribution in [2.24, 2.45) is 0 Å². The van der Waals surface area contributed by atoms with Gasteiger partial charge in [0, 0.05) is 19.1 Å². The summed E-state index contributed by atoms with van der Waals surface area (Å²) in [5, 5.41) is 22.6. The van der Waals surface area contributed by atoms with Gasteiger partial charge in [-0.15, -0.1) is 0 Å². The van der Waals surface area contributed by atoms with Crippen molar-refractivity contribution in [2.75, 3.05) is 13.1 Å². The molecule has 64 valence electrons. The van der Waals surface area contributed by atoms with E-state index in [1.54, 1.807) is 0 Å². The number of β-amino-alcohol motifs (C(OH)–C–C–N with tert-alkyl or cyclic N) is 1. The molecule has 4 N–H and O–H groups in total. The van der Waals surface area contributed by atoms with Crippen LogP contribution in [0.5, 0.6) is 0 Å². The zero-order valence-electron chi connectivity index (χ0n) is 6.08. The number of carboxylic acid groups (broad SMARTS) is 1. The Labute approximate surface area is 64.4 Å². The van der Waals surface area contributed by atoms with Crippen molar-refractivity contribution in [3.63, 3.8) is 0 Å². The van der Waals surface area contributed by atoms with E-state index in [0.29, 0.717) is 19.5 Å². The largest absolute Gasteiger partial charge is 0.465 e. The van der Waals surface area contributed by atoms with E-state index in [1.165, 1.54) is 0 Å². The van der Waals surface area contributed by atoms with Gasteiger partial charge in [-0.1, -0.05) is 0 Å². The number of nitrogens with one attached hydrogen (secondary N) is 2. The first-order chi connectivity index (χ1) is 5.18. The van der Waals surface area contributed by atoms with Crippen molar-refractivity contribution in [1.29, 1.82) is 0 Å². The van der Waals surface area contributed by atoms with E-state index >= 15 is 0 Å². The molecule has 0 unspecified atom stereocenters. The van der Waals surface area contributed by atoms with Crippen LogP contribution < -0.4 is 10.6 Å². The summed E-state index contributed by atoms with van der Waals surface area (Å²) in [5.74, 6) is 0. The minimum absolute atomic E-state index is 0.156. The molecule has 0 bridgehead atoms. The number of hydrogen-bond donors (Lipinski definition) is 4. The number of rotatable bonds is 1. The van der Waals surface area contributed by atoms with Gasteiger partial charge >= 0.3 is 6.09 Å². The van der Waals surface area contributed by atoms with Crippen molar-refractivity contribution in [3.8, 4) is 0 Å². The normalized spacial score (nSPS) is 31.4. The van der Waals surface area contributed by atoms with Gasteiger partial charge in [-0.2, -0.15) is 0 Å². The van der Waals surface area contributed by atoms with Gasteiger partial charge in [0.15, 0.2) is 0 Å². The zero-order chi connectivity index (χ0) is 8.27. The fourth-order valence-corrected chi connectivity index (χ4v) is 1.20. The first kappa shape index (κ1) is 8.29. The van der Waals surface area contributed by atoms with Gasteiger partial charge in [0.05, 0.1) is 6.10 Å². The molecule has 1 fully saturated rings. The third kappa shape index (κ3) is 2.73. The minimum atomic E-state index is -1.04. The Balaban J connectivity index is 2.28. The summed E-state index contributed by atoms with van der Waals surface area (Å²) in [7, 11) is 0. The maximum Gasteiger partial charge on any atom is 0.404 e. The van der Waals surface area contributed by atoms with Crippen LogP contribution in [0.25, 0.3) is 0 Å². The van der Waals surface area contributed by atoms with Gasteiger partial charge in [-0.25, -0.2) is 4.79 Å². The second-order valence-electron chi connectivity index (χ2n) is 2.69. The highest BCUT2D eigenvalue weighted by atomic mass is 16.4. The van der Waals surface area contributed by atoms with Crippen molar-refractivity contribution >= 4 is 6.09 Å². The number of piperidine rings is 1. The predicted molar refractivity (Wildman–Crippen MR) is 38.4 cm³/mol. The number of aliphatic hydroxyl groups excluding tert-OH is 1. The average Bonchev–Trinajstić information content (AvgIpc) is 1.85. The highest BCUT2D eigenvalue weighted by Gasteiger charge is 2.20. The van der Waals surface area contributed by atoms with Crippen LogP contribution in [0.15, 0.2) is 0 Å². The first-order valence-corrected chi connectivity index (χ1v) is 3.56. The lowest BCUT2D eigenvalue weighted by Crippen LogP contribution is -2.50. The van der Waals surface area contributed by atoms with E-state index in [2.05, 4.69) is 10.6 Å². The Morgan fingerprint density at radius 3 is 2.82 bits per heavy atom. The van der Waals surface area contributed by atoms with Crippen molar-refractivity contribution in [3.05, 3.63) is 0 Å². The molecule has 0 saturated carbocycles. The van der Waals surface area contributed by atoms with Crippen molar-refractivity contribution in [2.45, 2.75) is 18.6 Å². The van der Waals surface area contributed by atoms with Crippen LogP contribution in [0, 0.1) is 0 Å². The Hall–Kier alpha value is -0.810. The van der Waals surface area contributed by atoms with Crippen LogP contribution in [0.3, 0.4) is 0 Å². The number of aliphatic hydroxyl groups is 1. The summed E-state index contributed by atoms with van der Waals surface area (Å²) < 4.78 is 0. The molecule has 0 aromatic heterocycles. The minimum Gasteiger partial charge on any atom is -0.465 e. The first-order valence-electron chi connectivity index (χ1n) is 3.56. The van der Waals surface area contributed by atoms with E-state index < -0.39 is 12.2 Å². The van der Waals surface area contributed by atoms with Gasteiger partial charge in [-0.05, 0) is 6.42 Å². The molecule has 0 aromatic carbocycles. The Bertz CT molecular complexity index is 151. The molecular weight excluding hydrogens is 148 g/mol. The summed E-state index contributed by atoms with van der Waals surface area (Å²) in [5.41, 5.74) is 0. The summed E-state index contributed by atoms with van der Waals surface area (Å²) in [6.45, 7) is 1.15. The number of hydrogen-bond acceptors (Lipinski definition) is 3. The van der Waals surface area contributed by atoms with Gasteiger partial charge in [0.25, 0.3) is 0 Å². The highest BCUT2D eigenvalue weighted by molar-refractivity contribution is 5.64. The number of amides is 1. The molecule has 11 heavy (non-hydrogen) atoms. The van der Waals surface area contributed by atoms with Crippen LogP contribution in [-0.4, -0.2) is 41.5 Å². The maximum absolute atomic E-state index is 10.2. The molecule has 1 amide bonds. The zero-order valence-corrected chi connectivity index (χ0v) is 6.08. The Morgan fingerprint density at radius 2 is 2.27 bits per heavy atom. The second kappa shape index (κ2) is 3.54. The SMILES string of the molecule is O=C(O)N[C@H]1CNC[C@@H](O)C1. The van der Waals surface area contributed by atoms with Crippen LogP contribution in [0.1, 0.15) is 6.42 Å². The molecule has 1 aliphatic heterocycles. The fourth-order valence-electron chi connectivity index (χ4n) is 1.20. The summed E-state index contributed by atoms with van der Waals surface area (Å²) in [4.78, 5) is 10.2. The second-order valence-corrected chi connectivity index (χ2v) is 2.69. The van der Waals surface area contributed by atoms with E-state index in [-0.39, 0.29) is 6.04 Å². The number of carbonyl (C=O) groups is 1. The maximum atomic E-state index is 10.2. The van der Waals surface area contributed by atoms with Crippen molar-refractivity contribution < 1.29 is 15.0 Å². The summed E-state index contributed by atoms with van der Waals surface area (Å²) in [6.07, 6.45) is -0.967. The molecule has 0 aliphatic carbocycles. The van der Waals surface area contributed by atoms with Gasteiger partial charge in [0.2, 0.25) is 0 Å². The lowest BCUT2D eigenvalue weighted by atomic mass is 10.1. The molecule has 0 radical (unpaired) electrons. The van der Waals surface area contributed by atoms with Crippen LogP contribution >= 0.6 is 0 Å². The van der Waals surface area contributed by atoms with E-state index in [9.17, 15) is 4.79 Å². The Morgan fingerprint density at radius 1 is 1.55 bits per heavy atom. The Kier molecular flexibility index (Phi) is 2.67. The van der Waals surface area contributed by atoms with E-state index in [1.807, 2.05) is 0 Å². The van der Waals surface area contributed by atoms with Crippen LogP contribution in [0.2, 0.25) is 0 Å². The summed E-state index contributed by atoms with van der Waals surface area (Å²) >= 11 is 0. The molecule has 0 aromatic rings. The van der Waals surface area contributed by atoms with Gasteiger partial charge in [0.1, 0.15) is 0 Å². The van der Waals surface area contributed by atoms with E-state index in [0.717, 1.165) is 0 Å². The highest BCUT2D eigenvalue weighted by Crippen LogP contribution is 2.01. The molecule has 5 nitrogen and oxygen atoms in total. The fraction of sp³-hybridized carbons (Fsp3) is 0.833. The molecule has 0 spiro atoms. The lowest BCUT2D eigenvalue weighted by Gasteiger charge is -2.26. The molecule has 1 heterocycles. The average molecular weight is 160 g/mol. The van der Waals surface area contributed by atoms with Crippen LogP contribution in [0.4, 0.5) is 4.79 Å². The predicted octanol–water partition coefficient (Wildman–Crippen LogP) is -1.02. The van der Waals surface area contributed by atoms with Crippen LogP contribution in [-0.2, 0) is 0 Å². The molecule has 1 saturated heterocycles. The quantitative estimate of drug-likeness (QED) is 0.395. The summed E-state index contributed by atoms with van der Waals surface area (Å²) in [6, 6.07) is -0.156. The third-order valence-electron chi connectivity index (χ3n) is 1.65. The molecule has 2 atom stereocenters. The lowest BCUT2D eigenvalue weighted by molar-refractivity contribution is 0.121. The third-order valence-corrected chi connectivity index (χ3v) is 1.65. The molecular formula is C6H12N2O3. The topological polar surface area (TPSA) is 81.6 Å². The van der Waals surface area contributed by atoms with Gasteiger partial charge in [-0.3, -0.25) is 0 Å². The standard InChI is InChI=1S/C6H12N2O3/c9-5-1-4(2-7-3-5)8-6(10)11/h4-5,7-9H,1-3H2,(H,10,11)/t4-,5+/m1/s1. The van der Waals surface area contributed by atoms with Gasteiger partial charge < -0.3 is 20.8 Å². The monoisotopic (exact) mass is 160 g/mol. The molecule has 1 aliphatic rings. The molecule has 5 heteroatoms.